The van der Waals surface area contributed by atoms with Gasteiger partial charge in [-0.15, -0.1) is 11.6 Å². The van der Waals surface area contributed by atoms with E-state index in [1.807, 2.05) is 17.0 Å². The van der Waals surface area contributed by atoms with Crippen molar-refractivity contribution in [3.63, 3.8) is 0 Å². The average Bonchev–Trinajstić information content (AvgIpc) is 2.63. The van der Waals surface area contributed by atoms with Gasteiger partial charge in [0.1, 0.15) is 0 Å². The number of carbonyl (C=O) groups is 1. The third-order valence-electron chi connectivity index (χ3n) is 3.14. The molecule has 1 aromatic carbocycles. The number of hydrogen-bond acceptors (Lipinski definition) is 1. The molecule has 1 atom stereocenters. The Balaban J connectivity index is 2.06. The maximum atomic E-state index is 11.7. The van der Waals surface area contributed by atoms with Crippen molar-refractivity contribution in [3.05, 3.63) is 35.4 Å². The Labute approximate surface area is 101 Å². The molecule has 0 N–H and O–H groups in total. The SMILES string of the molecule is Cc1ccccc1CN1CC(CCl)CC1=O. The minimum Gasteiger partial charge on any atom is -0.338 e. The number of amides is 1. The van der Waals surface area contributed by atoms with Gasteiger partial charge in [-0.3, -0.25) is 4.79 Å². The van der Waals surface area contributed by atoms with Crippen LogP contribution < -0.4 is 0 Å². The van der Waals surface area contributed by atoms with Gasteiger partial charge in [0, 0.05) is 25.4 Å². The number of benzene rings is 1. The predicted octanol–water partition coefficient (Wildman–Crippen LogP) is 2.58. The van der Waals surface area contributed by atoms with E-state index in [0.29, 0.717) is 18.2 Å². The molecule has 1 fully saturated rings. The lowest BCUT2D eigenvalue weighted by Gasteiger charge is -2.17. The van der Waals surface area contributed by atoms with Crippen LogP contribution in [-0.4, -0.2) is 23.2 Å². The van der Waals surface area contributed by atoms with Crippen LogP contribution in [0.3, 0.4) is 0 Å². The van der Waals surface area contributed by atoms with Gasteiger partial charge in [0.2, 0.25) is 5.91 Å². The summed E-state index contributed by atoms with van der Waals surface area (Å²) in [5.74, 6) is 1.14. The normalized spacial score (nSPS) is 20.5. The number of halogens is 1. The fraction of sp³-hybridized carbons (Fsp3) is 0.462. The van der Waals surface area contributed by atoms with Crippen molar-refractivity contribution in [2.24, 2.45) is 5.92 Å². The van der Waals surface area contributed by atoms with Crippen molar-refractivity contribution in [1.29, 1.82) is 0 Å². The van der Waals surface area contributed by atoms with E-state index in [1.54, 1.807) is 0 Å². The summed E-state index contributed by atoms with van der Waals surface area (Å²) in [6, 6.07) is 8.19. The standard InChI is InChI=1S/C13H16ClNO/c1-10-4-2-3-5-12(10)9-15-8-11(7-14)6-13(15)16/h2-5,11H,6-9H2,1H3. The van der Waals surface area contributed by atoms with Gasteiger partial charge in [-0.1, -0.05) is 24.3 Å². The van der Waals surface area contributed by atoms with Crippen LogP contribution in [0.2, 0.25) is 0 Å². The van der Waals surface area contributed by atoms with E-state index in [1.165, 1.54) is 11.1 Å². The summed E-state index contributed by atoms with van der Waals surface area (Å²) in [5.41, 5.74) is 2.47. The van der Waals surface area contributed by atoms with E-state index in [0.717, 1.165) is 13.1 Å². The Morgan fingerprint density at radius 1 is 1.44 bits per heavy atom. The molecule has 0 radical (unpaired) electrons. The maximum absolute atomic E-state index is 11.7. The first-order valence-corrected chi connectivity index (χ1v) is 6.12. The second kappa shape index (κ2) is 4.88. The van der Waals surface area contributed by atoms with E-state index < -0.39 is 0 Å². The number of likely N-dealkylation sites (tertiary alicyclic amines) is 1. The van der Waals surface area contributed by atoms with Crippen LogP contribution in [0, 0.1) is 12.8 Å². The zero-order chi connectivity index (χ0) is 11.5. The molecular formula is C13H16ClNO. The van der Waals surface area contributed by atoms with E-state index in [9.17, 15) is 4.79 Å². The van der Waals surface area contributed by atoms with Crippen molar-refractivity contribution < 1.29 is 4.79 Å². The van der Waals surface area contributed by atoms with Crippen LogP contribution in [0.5, 0.6) is 0 Å². The zero-order valence-electron chi connectivity index (χ0n) is 9.45. The van der Waals surface area contributed by atoms with Gasteiger partial charge >= 0.3 is 0 Å². The average molecular weight is 238 g/mol. The minimum atomic E-state index is 0.230. The van der Waals surface area contributed by atoms with Crippen molar-refractivity contribution in [1.82, 2.24) is 4.90 Å². The molecule has 1 aliphatic heterocycles. The van der Waals surface area contributed by atoms with Crippen molar-refractivity contribution in [3.8, 4) is 0 Å². The van der Waals surface area contributed by atoms with E-state index in [-0.39, 0.29) is 5.91 Å². The summed E-state index contributed by atoms with van der Waals surface area (Å²) in [5, 5.41) is 0. The first-order valence-electron chi connectivity index (χ1n) is 5.59. The molecule has 1 heterocycles. The third-order valence-corrected chi connectivity index (χ3v) is 3.57. The largest absolute Gasteiger partial charge is 0.338 e. The van der Waals surface area contributed by atoms with Crippen molar-refractivity contribution in [2.75, 3.05) is 12.4 Å². The maximum Gasteiger partial charge on any atom is 0.223 e. The van der Waals surface area contributed by atoms with Crippen LogP contribution >= 0.6 is 11.6 Å². The van der Waals surface area contributed by atoms with Crippen LogP contribution in [0.15, 0.2) is 24.3 Å². The smallest absolute Gasteiger partial charge is 0.223 e. The molecule has 1 saturated heterocycles. The summed E-state index contributed by atoms with van der Waals surface area (Å²) >= 11 is 5.79. The molecule has 2 rings (SSSR count). The number of nitrogens with zero attached hydrogens (tertiary/aromatic N) is 1. The molecule has 0 saturated carbocycles. The zero-order valence-corrected chi connectivity index (χ0v) is 10.2. The van der Waals surface area contributed by atoms with Crippen molar-refractivity contribution >= 4 is 17.5 Å². The fourth-order valence-corrected chi connectivity index (χ4v) is 2.31. The van der Waals surface area contributed by atoms with Gasteiger partial charge in [-0.05, 0) is 24.0 Å². The highest BCUT2D eigenvalue weighted by atomic mass is 35.5. The van der Waals surface area contributed by atoms with Crippen molar-refractivity contribution in [2.45, 2.75) is 19.9 Å². The number of carbonyl (C=O) groups excluding carboxylic acids is 1. The monoisotopic (exact) mass is 237 g/mol. The first-order chi connectivity index (χ1) is 7.70. The van der Waals surface area contributed by atoms with E-state index in [4.69, 9.17) is 11.6 Å². The number of hydrogen-bond donors (Lipinski definition) is 0. The Kier molecular flexibility index (Phi) is 3.49. The Morgan fingerprint density at radius 3 is 2.81 bits per heavy atom. The molecule has 0 spiro atoms. The molecule has 16 heavy (non-hydrogen) atoms. The summed E-state index contributed by atoms with van der Waals surface area (Å²) < 4.78 is 0. The lowest BCUT2D eigenvalue weighted by atomic mass is 10.1. The highest BCUT2D eigenvalue weighted by Gasteiger charge is 2.28. The topological polar surface area (TPSA) is 20.3 Å². The van der Waals surface area contributed by atoms with Crippen LogP contribution in [0.4, 0.5) is 0 Å². The highest BCUT2D eigenvalue weighted by Crippen LogP contribution is 2.21. The molecule has 0 bridgehead atoms. The highest BCUT2D eigenvalue weighted by molar-refractivity contribution is 6.18. The van der Waals surface area contributed by atoms with Gasteiger partial charge in [-0.25, -0.2) is 0 Å². The van der Waals surface area contributed by atoms with Gasteiger partial charge in [0.15, 0.2) is 0 Å². The van der Waals surface area contributed by atoms with Gasteiger partial charge in [-0.2, -0.15) is 0 Å². The Hall–Kier alpha value is -1.02. The number of rotatable bonds is 3. The minimum absolute atomic E-state index is 0.230. The number of aryl methyl sites for hydroxylation is 1. The summed E-state index contributed by atoms with van der Waals surface area (Å²) in [7, 11) is 0. The lowest BCUT2D eigenvalue weighted by molar-refractivity contribution is -0.128. The molecular weight excluding hydrogens is 222 g/mol. The molecule has 0 aromatic heterocycles. The van der Waals surface area contributed by atoms with E-state index in [2.05, 4.69) is 19.1 Å². The molecule has 86 valence electrons. The number of alkyl halides is 1. The molecule has 2 nitrogen and oxygen atoms in total. The van der Waals surface area contributed by atoms with Gasteiger partial charge < -0.3 is 4.90 Å². The quantitative estimate of drug-likeness (QED) is 0.740. The summed E-state index contributed by atoms with van der Waals surface area (Å²) in [6.45, 7) is 3.60. The fourth-order valence-electron chi connectivity index (χ4n) is 2.10. The molecule has 3 heteroatoms. The second-order valence-corrected chi connectivity index (χ2v) is 4.73. The van der Waals surface area contributed by atoms with Crippen LogP contribution in [-0.2, 0) is 11.3 Å². The molecule has 0 aliphatic carbocycles. The van der Waals surface area contributed by atoms with Crippen LogP contribution in [0.1, 0.15) is 17.5 Å². The Morgan fingerprint density at radius 2 is 2.19 bits per heavy atom. The van der Waals surface area contributed by atoms with E-state index >= 15 is 0 Å². The second-order valence-electron chi connectivity index (χ2n) is 4.43. The molecule has 1 aromatic rings. The lowest BCUT2D eigenvalue weighted by Crippen LogP contribution is -2.25. The molecule has 1 amide bonds. The summed E-state index contributed by atoms with van der Waals surface area (Å²) in [6.07, 6.45) is 0.607. The Bertz CT molecular complexity index is 391. The van der Waals surface area contributed by atoms with Gasteiger partial charge in [0.25, 0.3) is 0 Å². The van der Waals surface area contributed by atoms with Gasteiger partial charge in [0.05, 0.1) is 0 Å². The summed E-state index contributed by atoms with van der Waals surface area (Å²) in [4.78, 5) is 13.6. The third kappa shape index (κ3) is 2.38. The first kappa shape index (κ1) is 11.5. The molecule has 1 unspecified atom stereocenters. The molecule has 1 aliphatic rings. The predicted molar refractivity (Wildman–Crippen MR) is 65.4 cm³/mol. The van der Waals surface area contributed by atoms with Crippen LogP contribution in [0.25, 0.3) is 0 Å².